The van der Waals surface area contributed by atoms with Crippen LogP contribution in [0.25, 0.3) is 5.69 Å². The van der Waals surface area contributed by atoms with Gasteiger partial charge in [0.2, 0.25) is 0 Å². The number of benzene rings is 2. The molecule has 3 aromatic rings. The van der Waals surface area contributed by atoms with Gasteiger partial charge >= 0.3 is 17.1 Å². The summed E-state index contributed by atoms with van der Waals surface area (Å²) in [5.41, 5.74) is -1.09. The molecule has 0 radical (unpaired) electrons. The van der Waals surface area contributed by atoms with E-state index in [1.165, 1.54) is 30.9 Å². The zero-order valence-electron chi connectivity index (χ0n) is 14.5. The minimum absolute atomic E-state index is 0.181. The molecule has 1 aromatic heterocycles. The highest BCUT2D eigenvalue weighted by molar-refractivity contribution is 7.99. The van der Waals surface area contributed by atoms with Gasteiger partial charge in [-0.15, -0.1) is 0 Å². The third-order valence-electron chi connectivity index (χ3n) is 4.01. The fourth-order valence-electron chi connectivity index (χ4n) is 2.56. The molecule has 2 aromatic carbocycles. The van der Waals surface area contributed by atoms with Gasteiger partial charge in [0.25, 0.3) is 0 Å². The Kier molecular flexibility index (Phi) is 5.64. The summed E-state index contributed by atoms with van der Waals surface area (Å²) in [6.45, 7) is 2.06. The average molecular weight is 424 g/mol. The molecule has 0 aliphatic heterocycles. The van der Waals surface area contributed by atoms with Gasteiger partial charge in [-0.05, 0) is 30.2 Å². The SMILES string of the molecule is CCc1ccccc1Sc1c(Cl)cc(-n2c(=O)[nH]c(=O)n(C)c2=O)cc1Cl. The van der Waals surface area contributed by atoms with Crippen LogP contribution in [0.15, 0.2) is 60.6 Å². The maximum atomic E-state index is 12.3. The van der Waals surface area contributed by atoms with Gasteiger partial charge in [-0.2, -0.15) is 0 Å². The minimum Gasteiger partial charge on any atom is -0.258 e. The lowest BCUT2D eigenvalue weighted by Gasteiger charge is -2.13. The number of aromatic amines is 1. The van der Waals surface area contributed by atoms with E-state index in [1.54, 1.807) is 0 Å². The van der Waals surface area contributed by atoms with Gasteiger partial charge in [-0.25, -0.2) is 23.5 Å². The van der Waals surface area contributed by atoms with E-state index in [1.807, 2.05) is 24.3 Å². The van der Waals surface area contributed by atoms with E-state index in [4.69, 9.17) is 23.2 Å². The number of nitrogens with zero attached hydrogens (tertiary/aromatic N) is 2. The second kappa shape index (κ2) is 7.80. The maximum absolute atomic E-state index is 12.3. The number of aryl methyl sites for hydroxylation is 1. The van der Waals surface area contributed by atoms with E-state index in [-0.39, 0.29) is 5.69 Å². The fraction of sp³-hybridized carbons (Fsp3) is 0.167. The number of halogens is 2. The van der Waals surface area contributed by atoms with Crippen molar-refractivity contribution in [3.8, 4) is 5.69 Å². The van der Waals surface area contributed by atoms with Gasteiger partial charge in [-0.3, -0.25) is 4.98 Å². The number of H-pyrrole nitrogens is 1. The first-order valence-electron chi connectivity index (χ1n) is 8.01. The van der Waals surface area contributed by atoms with Crippen molar-refractivity contribution >= 4 is 35.0 Å². The molecule has 6 nitrogen and oxygen atoms in total. The molecule has 9 heteroatoms. The topological polar surface area (TPSA) is 76.9 Å². The lowest BCUT2D eigenvalue weighted by atomic mass is 10.2. The maximum Gasteiger partial charge on any atom is 0.340 e. The molecule has 0 spiro atoms. The van der Waals surface area contributed by atoms with Crippen LogP contribution in [0.5, 0.6) is 0 Å². The minimum atomic E-state index is -0.855. The second-order valence-electron chi connectivity index (χ2n) is 5.71. The molecule has 27 heavy (non-hydrogen) atoms. The van der Waals surface area contributed by atoms with Crippen LogP contribution in [0, 0.1) is 0 Å². The summed E-state index contributed by atoms with van der Waals surface area (Å²) in [6.07, 6.45) is 0.860. The third-order valence-corrected chi connectivity index (χ3v) is 6.09. The molecule has 0 atom stereocenters. The molecule has 1 heterocycles. The van der Waals surface area contributed by atoms with E-state index in [2.05, 4.69) is 11.9 Å². The van der Waals surface area contributed by atoms with Gasteiger partial charge < -0.3 is 0 Å². The summed E-state index contributed by atoms with van der Waals surface area (Å²) in [4.78, 5) is 39.7. The van der Waals surface area contributed by atoms with Gasteiger partial charge in [-0.1, -0.05) is 60.1 Å². The number of rotatable bonds is 4. The Morgan fingerprint density at radius 3 is 2.30 bits per heavy atom. The van der Waals surface area contributed by atoms with Gasteiger partial charge in [0.1, 0.15) is 0 Å². The molecule has 0 unspecified atom stereocenters. The molecule has 0 fully saturated rings. The van der Waals surface area contributed by atoms with Crippen LogP contribution in [0.3, 0.4) is 0 Å². The quantitative estimate of drug-likeness (QED) is 0.698. The summed E-state index contributed by atoms with van der Waals surface area (Å²) in [5.74, 6) is 0. The highest BCUT2D eigenvalue weighted by atomic mass is 35.5. The second-order valence-corrected chi connectivity index (χ2v) is 7.58. The van der Waals surface area contributed by atoms with E-state index in [9.17, 15) is 14.4 Å². The molecule has 140 valence electrons. The Labute approximate surface area is 168 Å². The average Bonchev–Trinajstić information content (AvgIpc) is 2.63. The molecule has 0 amide bonds. The molecule has 0 saturated carbocycles. The van der Waals surface area contributed by atoms with Crippen molar-refractivity contribution in [2.24, 2.45) is 7.05 Å². The summed E-state index contributed by atoms with van der Waals surface area (Å²) in [6, 6.07) is 10.9. The van der Waals surface area contributed by atoms with Gasteiger partial charge in [0.15, 0.2) is 0 Å². The molecule has 1 N–H and O–H groups in total. The van der Waals surface area contributed by atoms with Crippen LogP contribution in [-0.2, 0) is 13.5 Å². The summed E-state index contributed by atoms with van der Waals surface area (Å²) >= 11 is 14.2. The largest absolute Gasteiger partial charge is 0.340 e. The number of hydrogen-bond acceptors (Lipinski definition) is 4. The van der Waals surface area contributed by atoms with Gasteiger partial charge in [0.05, 0.1) is 15.7 Å². The molecule has 0 saturated heterocycles. The summed E-state index contributed by atoms with van der Waals surface area (Å²) < 4.78 is 1.61. The lowest BCUT2D eigenvalue weighted by Crippen LogP contribution is -2.47. The van der Waals surface area contributed by atoms with Crippen LogP contribution in [0.4, 0.5) is 0 Å². The number of nitrogens with one attached hydrogen (secondary N) is 1. The highest BCUT2D eigenvalue weighted by Crippen LogP contribution is 2.41. The normalized spacial score (nSPS) is 11.0. The predicted octanol–water partition coefficient (Wildman–Crippen LogP) is 3.24. The molecule has 0 bridgehead atoms. The van der Waals surface area contributed by atoms with Crippen molar-refractivity contribution < 1.29 is 0 Å². The Balaban J connectivity index is 2.12. The van der Waals surface area contributed by atoms with E-state index in [0.717, 1.165) is 26.0 Å². The number of aromatic nitrogens is 3. The first kappa shape index (κ1) is 19.5. The molecular formula is C18H15Cl2N3O3S. The van der Waals surface area contributed by atoms with Crippen LogP contribution < -0.4 is 17.1 Å². The highest BCUT2D eigenvalue weighted by Gasteiger charge is 2.16. The van der Waals surface area contributed by atoms with Crippen molar-refractivity contribution in [3.05, 3.63) is 83.5 Å². The third kappa shape index (κ3) is 3.76. The first-order valence-corrected chi connectivity index (χ1v) is 9.58. The van der Waals surface area contributed by atoms with E-state index < -0.39 is 17.1 Å². The summed E-state index contributed by atoms with van der Waals surface area (Å²) in [5, 5.41) is 0.599. The fourth-order valence-corrected chi connectivity index (χ4v) is 4.29. The Hall–Kier alpha value is -2.22. The lowest BCUT2D eigenvalue weighted by molar-refractivity contribution is 0.660. The van der Waals surface area contributed by atoms with Crippen molar-refractivity contribution in [1.29, 1.82) is 0 Å². The monoisotopic (exact) mass is 423 g/mol. The molecule has 0 aliphatic carbocycles. The number of hydrogen-bond donors (Lipinski definition) is 1. The van der Waals surface area contributed by atoms with E-state index in [0.29, 0.717) is 14.9 Å². The zero-order valence-corrected chi connectivity index (χ0v) is 16.8. The van der Waals surface area contributed by atoms with Crippen LogP contribution >= 0.6 is 35.0 Å². The van der Waals surface area contributed by atoms with Crippen molar-refractivity contribution in [1.82, 2.24) is 14.1 Å². The van der Waals surface area contributed by atoms with Crippen molar-refractivity contribution in [3.63, 3.8) is 0 Å². The van der Waals surface area contributed by atoms with Crippen molar-refractivity contribution in [2.75, 3.05) is 0 Å². The Morgan fingerprint density at radius 1 is 1.04 bits per heavy atom. The van der Waals surface area contributed by atoms with Crippen LogP contribution in [-0.4, -0.2) is 14.1 Å². The van der Waals surface area contributed by atoms with Gasteiger partial charge in [0, 0.05) is 16.8 Å². The zero-order chi connectivity index (χ0) is 19.7. The van der Waals surface area contributed by atoms with Crippen LogP contribution in [0.2, 0.25) is 10.0 Å². The smallest absolute Gasteiger partial charge is 0.258 e. The molecule has 0 aliphatic rings. The summed E-state index contributed by atoms with van der Waals surface area (Å²) in [7, 11) is 1.27. The van der Waals surface area contributed by atoms with E-state index >= 15 is 0 Å². The standard InChI is InChI=1S/C18H15Cl2N3O3S/c1-3-10-6-4-5-7-14(10)27-15-12(19)8-11(9-13(15)20)23-17(25)21-16(24)22(2)18(23)26/h4-9H,3H2,1-2H3,(H,21,24,25). The van der Waals surface area contributed by atoms with Crippen molar-refractivity contribution in [2.45, 2.75) is 23.1 Å². The Morgan fingerprint density at radius 2 is 1.67 bits per heavy atom. The molecular weight excluding hydrogens is 409 g/mol. The first-order chi connectivity index (χ1) is 12.8. The predicted molar refractivity (Wildman–Crippen MR) is 108 cm³/mol. The van der Waals surface area contributed by atoms with Crippen LogP contribution in [0.1, 0.15) is 12.5 Å². The molecule has 3 rings (SSSR count). The Bertz CT molecular complexity index is 1170.